The number of benzene rings is 4. The Morgan fingerprint density at radius 1 is 0.711 bits per heavy atom. The number of unbranched alkanes of at least 4 members (excludes halogenated alkanes) is 1. The van der Waals surface area contributed by atoms with Gasteiger partial charge in [0.25, 0.3) is 0 Å². The monoisotopic (exact) mass is 712 g/mol. The minimum absolute atomic E-state index is 0. The fourth-order valence-electron chi connectivity index (χ4n) is 7.19. The van der Waals surface area contributed by atoms with Crippen LogP contribution in [0.3, 0.4) is 0 Å². The Labute approximate surface area is 304 Å². The maximum atomic E-state index is 2.56. The van der Waals surface area contributed by atoms with Crippen LogP contribution in [0, 0.1) is 5.92 Å². The molecule has 0 saturated carbocycles. The van der Waals surface area contributed by atoms with Crippen molar-refractivity contribution in [2.75, 3.05) is 0 Å². The third kappa shape index (κ3) is 7.32. The molecule has 0 aliphatic heterocycles. The topological polar surface area (TPSA) is 0 Å². The first-order valence-electron chi connectivity index (χ1n) is 16.2. The molecule has 0 bridgehead atoms. The van der Waals surface area contributed by atoms with Crippen molar-refractivity contribution in [1.29, 1.82) is 0 Å². The fraction of sp³-hybridized carbons (Fsp3) is 0.381. The molecule has 0 saturated heterocycles. The average molecular weight is 715 g/mol. The molecule has 3 heteroatoms. The van der Waals surface area contributed by atoms with Gasteiger partial charge in [0.05, 0.1) is 0 Å². The van der Waals surface area contributed by atoms with Crippen LogP contribution < -0.4 is 24.8 Å². The van der Waals surface area contributed by atoms with Gasteiger partial charge >= 0.3 is 26.2 Å². The van der Waals surface area contributed by atoms with Gasteiger partial charge in [-0.25, -0.2) is 0 Å². The summed E-state index contributed by atoms with van der Waals surface area (Å²) >= 11 is 0. The molecule has 2 aliphatic carbocycles. The molecule has 0 aromatic heterocycles. The van der Waals surface area contributed by atoms with E-state index in [1.807, 2.05) is 0 Å². The van der Waals surface area contributed by atoms with Crippen molar-refractivity contribution in [3.8, 4) is 11.1 Å². The van der Waals surface area contributed by atoms with Crippen LogP contribution >= 0.6 is 0 Å². The number of hydrogen-bond acceptors (Lipinski definition) is 0. The maximum absolute atomic E-state index is 2.56. The van der Waals surface area contributed by atoms with Crippen LogP contribution in [-0.2, 0) is 43.5 Å². The molecular formula is C42H48Cl2Zr. The molecule has 2 aliphatic rings. The largest absolute Gasteiger partial charge is 2.00 e. The molecule has 0 N–H and O–H groups in total. The summed E-state index contributed by atoms with van der Waals surface area (Å²) in [5, 5.41) is 2.71. The first kappa shape index (κ1) is 37.5. The molecule has 2 unspecified atom stereocenters. The van der Waals surface area contributed by atoms with Crippen LogP contribution in [0.1, 0.15) is 114 Å². The van der Waals surface area contributed by atoms with Gasteiger partial charge in [0.2, 0.25) is 0 Å². The van der Waals surface area contributed by atoms with Crippen molar-refractivity contribution in [2.45, 2.75) is 97.8 Å². The summed E-state index contributed by atoms with van der Waals surface area (Å²) in [7, 11) is 0. The fourth-order valence-corrected chi connectivity index (χ4v) is 7.19. The third-order valence-corrected chi connectivity index (χ3v) is 9.71. The zero-order chi connectivity index (χ0) is 29.8. The minimum atomic E-state index is 0. The summed E-state index contributed by atoms with van der Waals surface area (Å²) < 4.78 is 0. The number of fused-ring (bicyclic) bond motifs is 4. The molecule has 45 heavy (non-hydrogen) atoms. The van der Waals surface area contributed by atoms with E-state index in [0.717, 1.165) is 6.42 Å². The van der Waals surface area contributed by atoms with E-state index in [-0.39, 0.29) is 61.8 Å². The molecule has 0 heterocycles. The van der Waals surface area contributed by atoms with Crippen molar-refractivity contribution in [3.63, 3.8) is 0 Å². The summed E-state index contributed by atoms with van der Waals surface area (Å²) in [6, 6.07) is 28.2. The van der Waals surface area contributed by atoms with Gasteiger partial charge < -0.3 is 24.8 Å². The summed E-state index contributed by atoms with van der Waals surface area (Å²) in [5.41, 5.74) is 14.9. The van der Waals surface area contributed by atoms with Gasteiger partial charge in [-0.3, -0.25) is 0 Å². The Morgan fingerprint density at radius 3 is 2.04 bits per heavy atom. The molecule has 234 valence electrons. The Morgan fingerprint density at radius 2 is 1.36 bits per heavy atom. The van der Waals surface area contributed by atoms with Crippen LogP contribution in [0.25, 0.3) is 27.5 Å². The Bertz CT molecular complexity index is 1720. The van der Waals surface area contributed by atoms with Gasteiger partial charge in [0.1, 0.15) is 0 Å². The number of hydrogen-bond donors (Lipinski definition) is 0. The van der Waals surface area contributed by atoms with Gasteiger partial charge in [-0.1, -0.05) is 152 Å². The van der Waals surface area contributed by atoms with Crippen LogP contribution in [-0.4, -0.2) is 0 Å². The Balaban J connectivity index is 0.00000184. The smallest absolute Gasteiger partial charge is 1.00 e. The van der Waals surface area contributed by atoms with E-state index in [4.69, 9.17) is 0 Å². The molecule has 0 spiro atoms. The second-order valence-corrected chi connectivity index (χ2v) is 14.9. The quantitative estimate of drug-likeness (QED) is 0.232. The standard InChI is InChI=1S/C42H48.2ClH.Zr/c1-9-10-14-28-21-27(2)35(22-28)38-25-32(42(6,7)8)26-39-36-24-31(41(3,4)5)19-20-34(36)37(40(38)39)23-30-17-13-16-29-15-11-12-18-33(29)30;;;/h11-13,15-22,24-27,37H,9-10,14,23H2,1-8H3;2*1H;/q;;;+2/p-2. The van der Waals surface area contributed by atoms with Crippen LogP contribution in [0.4, 0.5) is 0 Å². The zero-order valence-electron chi connectivity index (χ0n) is 28.3. The van der Waals surface area contributed by atoms with E-state index < -0.39 is 0 Å². The second-order valence-electron chi connectivity index (χ2n) is 14.9. The maximum Gasteiger partial charge on any atom is 2.00 e. The van der Waals surface area contributed by atoms with Gasteiger partial charge in [-0.15, -0.1) is 0 Å². The molecular weight excluding hydrogens is 667 g/mol. The molecule has 0 radical (unpaired) electrons. The minimum Gasteiger partial charge on any atom is -1.00 e. The summed E-state index contributed by atoms with van der Waals surface area (Å²) in [4.78, 5) is 0. The summed E-state index contributed by atoms with van der Waals surface area (Å²) in [5.74, 6) is 0.759. The molecule has 2 atom stereocenters. The van der Waals surface area contributed by atoms with E-state index in [1.165, 1.54) is 80.1 Å². The summed E-state index contributed by atoms with van der Waals surface area (Å²) in [6.45, 7) is 18.8. The number of allylic oxidation sites excluding steroid dienone is 4. The first-order chi connectivity index (χ1) is 20.0. The van der Waals surface area contributed by atoms with E-state index >= 15 is 0 Å². The predicted molar refractivity (Wildman–Crippen MR) is 184 cm³/mol. The zero-order valence-corrected chi connectivity index (χ0v) is 32.3. The van der Waals surface area contributed by atoms with Gasteiger partial charge in [0, 0.05) is 11.8 Å². The van der Waals surface area contributed by atoms with E-state index in [2.05, 4.69) is 140 Å². The number of halogens is 2. The predicted octanol–water partition coefficient (Wildman–Crippen LogP) is 5.95. The van der Waals surface area contributed by atoms with Gasteiger partial charge in [0.15, 0.2) is 0 Å². The molecule has 0 nitrogen and oxygen atoms in total. The van der Waals surface area contributed by atoms with Gasteiger partial charge in [-0.2, -0.15) is 0 Å². The van der Waals surface area contributed by atoms with E-state index in [9.17, 15) is 0 Å². The van der Waals surface area contributed by atoms with Crippen molar-refractivity contribution in [3.05, 3.63) is 124 Å². The Kier molecular flexibility index (Phi) is 12.1. The SMILES string of the molecule is CCCCC1=CC(C)C(c2cc(C(C)(C)C)cc3c2C(Cc2cccc4ccccc24)c2ccc(C(C)(C)C)cc2-3)=C1.[Cl-].[Cl-].[Zr+2]. The number of rotatable bonds is 6. The average Bonchev–Trinajstić information content (AvgIpc) is 3.47. The summed E-state index contributed by atoms with van der Waals surface area (Å²) in [6.07, 6.45) is 9.76. The van der Waals surface area contributed by atoms with Crippen LogP contribution in [0.5, 0.6) is 0 Å². The van der Waals surface area contributed by atoms with Crippen LogP contribution in [0.15, 0.2) is 90.5 Å². The molecule has 4 aromatic carbocycles. The van der Waals surface area contributed by atoms with Crippen molar-refractivity contribution in [1.82, 2.24) is 0 Å². The van der Waals surface area contributed by atoms with Crippen molar-refractivity contribution in [2.24, 2.45) is 5.92 Å². The Hall–Kier alpha value is -1.92. The van der Waals surface area contributed by atoms with Crippen LogP contribution in [0.2, 0.25) is 0 Å². The van der Waals surface area contributed by atoms with E-state index in [0.29, 0.717) is 11.8 Å². The van der Waals surface area contributed by atoms with Crippen molar-refractivity contribution < 1.29 is 51.0 Å². The second kappa shape index (κ2) is 14.5. The van der Waals surface area contributed by atoms with E-state index in [1.54, 1.807) is 5.56 Å². The first-order valence-corrected chi connectivity index (χ1v) is 16.2. The van der Waals surface area contributed by atoms with Crippen molar-refractivity contribution >= 4 is 16.3 Å². The molecule has 6 rings (SSSR count). The third-order valence-electron chi connectivity index (χ3n) is 9.71. The van der Waals surface area contributed by atoms with Gasteiger partial charge in [-0.05, 0) is 90.9 Å². The normalized spacial score (nSPS) is 17.0. The molecule has 4 aromatic rings. The molecule has 0 fully saturated rings. The molecule has 0 amide bonds.